The Balaban J connectivity index is 2.59. The van der Waals surface area contributed by atoms with E-state index in [0.29, 0.717) is 0 Å². The molecule has 0 aromatic carbocycles. The summed E-state index contributed by atoms with van der Waals surface area (Å²) >= 11 is 0. The first-order valence-corrected chi connectivity index (χ1v) is 3.60. The van der Waals surface area contributed by atoms with Crippen LogP contribution in [0.5, 0.6) is 0 Å². The van der Waals surface area contributed by atoms with E-state index in [1.165, 1.54) is 6.92 Å². The predicted octanol–water partition coefficient (Wildman–Crippen LogP) is 1.18. The molecule has 1 atom stereocenters. The van der Waals surface area contributed by atoms with E-state index in [4.69, 9.17) is 9.84 Å². The molecule has 1 saturated heterocycles. The normalized spacial score (nSPS) is 37.1. The second-order valence-electron chi connectivity index (χ2n) is 3.24. The van der Waals surface area contributed by atoms with Gasteiger partial charge in [-0.3, -0.25) is 0 Å². The quantitative estimate of drug-likeness (QED) is 0.633. The van der Waals surface area contributed by atoms with E-state index in [1.54, 1.807) is 0 Å². The lowest BCUT2D eigenvalue weighted by Crippen LogP contribution is -2.45. The van der Waals surface area contributed by atoms with E-state index in [9.17, 15) is 8.78 Å². The number of hydrogen-bond donors (Lipinski definition) is 1. The Morgan fingerprint density at radius 3 is 2.55 bits per heavy atom. The van der Waals surface area contributed by atoms with Gasteiger partial charge in [0.25, 0.3) is 5.92 Å². The molecule has 1 unspecified atom stereocenters. The minimum atomic E-state index is -2.67. The topological polar surface area (TPSA) is 29.5 Å². The van der Waals surface area contributed by atoms with Crippen molar-refractivity contribution in [3.63, 3.8) is 0 Å². The average Bonchev–Trinajstić information content (AvgIpc) is 1.85. The van der Waals surface area contributed by atoms with Gasteiger partial charge in [-0.1, -0.05) is 0 Å². The third-order valence-electron chi connectivity index (χ3n) is 1.89. The SMILES string of the molecule is CC1(CO)CC(F)(F)CCO1. The summed E-state index contributed by atoms with van der Waals surface area (Å²) in [7, 11) is 0. The Hall–Kier alpha value is -0.220. The molecule has 1 aliphatic heterocycles. The van der Waals surface area contributed by atoms with Crippen molar-refractivity contribution in [1.82, 2.24) is 0 Å². The summed E-state index contributed by atoms with van der Waals surface area (Å²) in [6, 6.07) is 0. The number of alkyl halides is 2. The molecule has 0 bridgehead atoms. The van der Waals surface area contributed by atoms with E-state index in [1.807, 2.05) is 0 Å². The smallest absolute Gasteiger partial charge is 0.253 e. The molecule has 2 nitrogen and oxygen atoms in total. The van der Waals surface area contributed by atoms with Crippen molar-refractivity contribution in [2.24, 2.45) is 0 Å². The maximum atomic E-state index is 12.7. The van der Waals surface area contributed by atoms with Gasteiger partial charge in [0.15, 0.2) is 0 Å². The highest BCUT2D eigenvalue weighted by atomic mass is 19.3. The third-order valence-corrected chi connectivity index (χ3v) is 1.89. The summed E-state index contributed by atoms with van der Waals surface area (Å²) in [5.41, 5.74) is -1.04. The van der Waals surface area contributed by atoms with E-state index in [2.05, 4.69) is 0 Å². The lowest BCUT2D eigenvalue weighted by molar-refractivity contribution is -0.184. The Labute approximate surface area is 64.2 Å². The molecule has 66 valence electrons. The Morgan fingerprint density at radius 2 is 2.18 bits per heavy atom. The van der Waals surface area contributed by atoms with Crippen LogP contribution in [-0.4, -0.2) is 29.8 Å². The van der Waals surface area contributed by atoms with Crippen LogP contribution in [0.25, 0.3) is 0 Å². The number of aliphatic hydroxyl groups excluding tert-OH is 1. The van der Waals surface area contributed by atoms with E-state index in [0.717, 1.165) is 0 Å². The first-order chi connectivity index (χ1) is 4.97. The lowest BCUT2D eigenvalue weighted by Gasteiger charge is -2.36. The van der Waals surface area contributed by atoms with Crippen molar-refractivity contribution >= 4 is 0 Å². The highest BCUT2D eigenvalue weighted by Crippen LogP contribution is 2.35. The fourth-order valence-electron chi connectivity index (χ4n) is 1.23. The molecule has 0 radical (unpaired) electrons. The Morgan fingerprint density at radius 1 is 1.55 bits per heavy atom. The zero-order chi connectivity index (χ0) is 8.54. The molecule has 1 heterocycles. The van der Waals surface area contributed by atoms with Gasteiger partial charge >= 0.3 is 0 Å². The van der Waals surface area contributed by atoms with Gasteiger partial charge < -0.3 is 9.84 Å². The van der Waals surface area contributed by atoms with Crippen LogP contribution in [0, 0.1) is 0 Å². The molecule has 1 rings (SSSR count). The van der Waals surface area contributed by atoms with Gasteiger partial charge in [0.1, 0.15) is 0 Å². The first kappa shape index (κ1) is 8.87. The van der Waals surface area contributed by atoms with Crippen molar-refractivity contribution in [1.29, 1.82) is 0 Å². The predicted molar refractivity (Wildman–Crippen MR) is 35.6 cm³/mol. The summed E-state index contributed by atoms with van der Waals surface area (Å²) < 4.78 is 30.4. The van der Waals surface area contributed by atoms with Crippen molar-refractivity contribution in [3.8, 4) is 0 Å². The number of hydrogen-bond acceptors (Lipinski definition) is 2. The summed E-state index contributed by atoms with van der Waals surface area (Å²) in [5, 5.41) is 8.72. The highest BCUT2D eigenvalue weighted by molar-refractivity contribution is 4.86. The maximum Gasteiger partial charge on any atom is 0.253 e. The fraction of sp³-hybridized carbons (Fsp3) is 1.00. The van der Waals surface area contributed by atoms with Crippen LogP contribution in [0.1, 0.15) is 19.8 Å². The zero-order valence-electron chi connectivity index (χ0n) is 6.44. The van der Waals surface area contributed by atoms with Crippen LogP contribution in [-0.2, 0) is 4.74 Å². The summed E-state index contributed by atoms with van der Waals surface area (Å²) in [6.07, 6.45) is -0.612. The summed E-state index contributed by atoms with van der Waals surface area (Å²) in [5.74, 6) is -2.67. The molecule has 4 heteroatoms. The fourth-order valence-corrected chi connectivity index (χ4v) is 1.23. The lowest BCUT2D eigenvalue weighted by atomic mass is 9.94. The molecular weight excluding hydrogens is 154 g/mol. The zero-order valence-corrected chi connectivity index (χ0v) is 6.44. The minimum absolute atomic E-state index is 0.0318. The molecular formula is C7H12F2O2. The average molecular weight is 166 g/mol. The van der Waals surface area contributed by atoms with Crippen molar-refractivity contribution in [2.45, 2.75) is 31.3 Å². The van der Waals surface area contributed by atoms with Crippen LogP contribution >= 0.6 is 0 Å². The van der Waals surface area contributed by atoms with Gasteiger partial charge in [-0.15, -0.1) is 0 Å². The second-order valence-corrected chi connectivity index (χ2v) is 3.24. The Bertz CT molecular complexity index is 149. The molecule has 0 amide bonds. The standard InChI is InChI=1S/C7H12F2O2/c1-6(5-10)4-7(8,9)2-3-11-6/h10H,2-5H2,1H3. The van der Waals surface area contributed by atoms with Gasteiger partial charge in [0, 0.05) is 12.8 Å². The number of rotatable bonds is 1. The van der Waals surface area contributed by atoms with Gasteiger partial charge in [-0.25, -0.2) is 8.78 Å². The molecule has 0 spiro atoms. The highest BCUT2D eigenvalue weighted by Gasteiger charge is 2.43. The first-order valence-electron chi connectivity index (χ1n) is 3.60. The van der Waals surface area contributed by atoms with E-state index < -0.39 is 11.5 Å². The molecule has 0 aromatic rings. The minimum Gasteiger partial charge on any atom is -0.393 e. The van der Waals surface area contributed by atoms with Gasteiger partial charge in [0.2, 0.25) is 0 Å². The molecule has 0 aliphatic carbocycles. The second kappa shape index (κ2) is 2.68. The van der Waals surface area contributed by atoms with E-state index in [-0.39, 0.29) is 26.1 Å². The molecule has 1 fully saturated rings. The Kier molecular flexibility index (Phi) is 2.16. The molecule has 1 N–H and O–H groups in total. The third kappa shape index (κ3) is 2.10. The van der Waals surface area contributed by atoms with Crippen LogP contribution in [0.15, 0.2) is 0 Å². The van der Waals surface area contributed by atoms with Crippen LogP contribution < -0.4 is 0 Å². The van der Waals surface area contributed by atoms with Crippen molar-refractivity contribution in [2.75, 3.05) is 13.2 Å². The molecule has 1 aliphatic rings. The largest absolute Gasteiger partial charge is 0.393 e. The number of aliphatic hydroxyl groups is 1. The summed E-state index contributed by atoms with van der Waals surface area (Å²) in [4.78, 5) is 0. The van der Waals surface area contributed by atoms with Crippen LogP contribution in [0.3, 0.4) is 0 Å². The monoisotopic (exact) mass is 166 g/mol. The maximum absolute atomic E-state index is 12.7. The summed E-state index contributed by atoms with van der Waals surface area (Å²) in [6.45, 7) is 1.19. The van der Waals surface area contributed by atoms with Gasteiger partial charge in [-0.05, 0) is 6.92 Å². The number of ether oxygens (including phenoxy) is 1. The molecule has 0 saturated carbocycles. The van der Waals surface area contributed by atoms with Crippen molar-refractivity contribution < 1.29 is 18.6 Å². The number of halogens is 2. The van der Waals surface area contributed by atoms with Gasteiger partial charge in [-0.2, -0.15) is 0 Å². The van der Waals surface area contributed by atoms with Crippen molar-refractivity contribution in [3.05, 3.63) is 0 Å². The van der Waals surface area contributed by atoms with Crippen LogP contribution in [0.2, 0.25) is 0 Å². The van der Waals surface area contributed by atoms with E-state index >= 15 is 0 Å². The molecule has 11 heavy (non-hydrogen) atoms. The van der Waals surface area contributed by atoms with Crippen LogP contribution in [0.4, 0.5) is 8.78 Å². The molecule has 0 aromatic heterocycles. The van der Waals surface area contributed by atoms with Gasteiger partial charge in [0.05, 0.1) is 18.8 Å².